The number of hydrogen-bond acceptors (Lipinski definition) is 6. The molecular weight excluding hydrogens is 354 g/mol. The Morgan fingerprint density at radius 1 is 1.19 bits per heavy atom. The van der Waals surface area contributed by atoms with Crippen LogP contribution in [0.3, 0.4) is 0 Å². The molecular formula is C18H19N3O4S. The van der Waals surface area contributed by atoms with Crippen molar-refractivity contribution in [2.75, 3.05) is 19.7 Å². The van der Waals surface area contributed by atoms with Crippen LogP contribution >= 0.6 is 0 Å². The van der Waals surface area contributed by atoms with E-state index in [0.717, 1.165) is 12.8 Å². The number of pyridine rings is 1. The van der Waals surface area contributed by atoms with E-state index in [0.29, 0.717) is 36.8 Å². The van der Waals surface area contributed by atoms with E-state index in [1.807, 2.05) is 13.0 Å². The molecule has 0 bridgehead atoms. The Bertz CT molecular complexity index is 914. The Kier molecular flexibility index (Phi) is 5.40. The van der Waals surface area contributed by atoms with Crippen LogP contribution < -0.4 is 9.47 Å². The fourth-order valence-electron chi connectivity index (χ4n) is 2.70. The normalized spacial score (nSPS) is 14.8. The Balaban J connectivity index is 1.81. The lowest BCUT2D eigenvalue weighted by Crippen LogP contribution is -2.27. The van der Waals surface area contributed by atoms with Crippen LogP contribution in [0, 0.1) is 11.3 Å². The van der Waals surface area contributed by atoms with E-state index in [2.05, 4.69) is 4.98 Å². The Morgan fingerprint density at radius 2 is 1.96 bits per heavy atom. The summed E-state index contributed by atoms with van der Waals surface area (Å²) in [6.45, 7) is 3.35. The molecule has 1 aliphatic heterocycles. The van der Waals surface area contributed by atoms with Crippen LogP contribution in [0.4, 0.5) is 0 Å². The summed E-state index contributed by atoms with van der Waals surface area (Å²) in [4.78, 5) is 4.26. The second-order valence-electron chi connectivity index (χ2n) is 5.75. The molecule has 2 aromatic rings. The minimum Gasteiger partial charge on any atom is -0.490 e. The number of aromatic nitrogens is 1. The van der Waals surface area contributed by atoms with Crippen molar-refractivity contribution in [2.24, 2.45) is 0 Å². The van der Waals surface area contributed by atoms with Crippen molar-refractivity contribution in [1.29, 1.82) is 5.26 Å². The molecule has 0 unspecified atom stereocenters. The molecule has 0 radical (unpaired) electrons. The zero-order valence-electron chi connectivity index (χ0n) is 14.4. The van der Waals surface area contributed by atoms with Gasteiger partial charge in [0.1, 0.15) is 4.90 Å². The standard InChI is InChI=1S/C18H19N3O4S/c1-2-24-17-11-14(12-19)5-7-16(17)25-18-8-6-15(13-20-18)26(22,23)21-9-3-4-10-21/h5-8,11,13H,2-4,9-10H2,1H3. The van der Waals surface area contributed by atoms with Crippen molar-refractivity contribution in [3.63, 3.8) is 0 Å². The summed E-state index contributed by atoms with van der Waals surface area (Å²) in [5, 5.41) is 8.99. The van der Waals surface area contributed by atoms with E-state index in [9.17, 15) is 8.42 Å². The highest BCUT2D eigenvalue weighted by atomic mass is 32.2. The molecule has 1 aromatic heterocycles. The molecule has 0 amide bonds. The van der Waals surface area contributed by atoms with Crippen LogP contribution in [0.1, 0.15) is 25.3 Å². The van der Waals surface area contributed by atoms with Gasteiger partial charge in [0.2, 0.25) is 15.9 Å². The maximum Gasteiger partial charge on any atom is 0.244 e. The van der Waals surface area contributed by atoms with Crippen molar-refractivity contribution in [2.45, 2.75) is 24.7 Å². The number of rotatable bonds is 6. The van der Waals surface area contributed by atoms with Crippen LogP contribution in [-0.2, 0) is 10.0 Å². The van der Waals surface area contributed by atoms with Gasteiger partial charge in [0.25, 0.3) is 0 Å². The number of nitrogens with zero attached hydrogens (tertiary/aromatic N) is 3. The first-order chi connectivity index (χ1) is 12.5. The number of nitriles is 1. The lowest BCUT2D eigenvalue weighted by molar-refractivity contribution is 0.319. The first-order valence-electron chi connectivity index (χ1n) is 8.35. The van der Waals surface area contributed by atoms with Gasteiger partial charge in [-0.3, -0.25) is 0 Å². The summed E-state index contributed by atoms with van der Waals surface area (Å²) in [5.74, 6) is 1.09. The summed E-state index contributed by atoms with van der Waals surface area (Å²) in [6.07, 6.45) is 3.06. The Labute approximate surface area is 152 Å². The first kappa shape index (κ1) is 18.2. The summed E-state index contributed by atoms with van der Waals surface area (Å²) < 4.78 is 37.7. The van der Waals surface area contributed by atoms with Gasteiger partial charge in [0.15, 0.2) is 11.5 Å². The third-order valence-corrected chi connectivity index (χ3v) is 5.88. The zero-order chi connectivity index (χ0) is 18.6. The largest absolute Gasteiger partial charge is 0.490 e. The lowest BCUT2D eigenvalue weighted by Gasteiger charge is -2.15. The third-order valence-electron chi connectivity index (χ3n) is 4.00. The predicted octanol–water partition coefficient (Wildman–Crippen LogP) is 2.93. The van der Waals surface area contributed by atoms with Crippen LogP contribution in [-0.4, -0.2) is 37.4 Å². The molecule has 0 N–H and O–H groups in total. The van der Waals surface area contributed by atoms with Gasteiger partial charge in [0.05, 0.1) is 24.4 Å². The highest BCUT2D eigenvalue weighted by Crippen LogP contribution is 2.32. The molecule has 136 valence electrons. The van der Waals surface area contributed by atoms with Crippen LogP contribution in [0.15, 0.2) is 41.4 Å². The smallest absolute Gasteiger partial charge is 0.244 e. The minimum atomic E-state index is -3.50. The first-order valence-corrected chi connectivity index (χ1v) is 9.79. The fourth-order valence-corrected chi connectivity index (χ4v) is 4.16. The van der Waals surface area contributed by atoms with Gasteiger partial charge in [-0.25, -0.2) is 13.4 Å². The monoisotopic (exact) mass is 373 g/mol. The van der Waals surface area contributed by atoms with Gasteiger partial charge in [-0.1, -0.05) is 0 Å². The highest BCUT2D eigenvalue weighted by Gasteiger charge is 2.27. The second kappa shape index (κ2) is 7.72. The van der Waals surface area contributed by atoms with Crippen molar-refractivity contribution in [3.8, 4) is 23.4 Å². The van der Waals surface area contributed by atoms with E-state index in [4.69, 9.17) is 14.7 Å². The van der Waals surface area contributed by atoms with Gasteiger partial charge in [-0.05, 0) is 38.0 Å². The van der Waals surface area contributed by atoms with Crippen molar-refractivity contribution in [1.82, 2.24) is 9.29 Å². The molecule has 0 atom stereocenters. The molecule has 0 spiro atoms. The van der Waals surface area contributed by atoms with Gasteiger partial charge in [-0.2, -0.15) is 9.57 Å². The van der Waals surface area contributed by atoms with E-state index in [1.54, 1.807) is 18.2 Å². The minimum absolute atomic E-state index is 0.150. The number of ether oxygens (including phenoxy) is 2. The molecule has 1 saturated heterocycles. The second-order valence-corrected chi connectivity index (χ2v) is 7.69. The Morgan fingerprint density at radius 3 is 2.58 bits per heavy atom. The number of sulfonamides is 1. The maximum absolute atomic E-state index is 12.5. The van der Waals surface area contributed by atoms with Crippen LogP contribution in [0.2, 0.25) is 0 Å². The van der Waals surface area contributed by atoms with Gasteiger partial charge in [0, 0.05) is 25.2 Å². The lowest BCUT2D eigenvalue weighted by atomic mass is 10.2. The average molecular weight is 373 g/mol. The quantitative estimate of drug-likeness (QED) is 0.773. The van der Waals surface area contributed by atoms with Gasteiger partial charge >= 0.3 is 0 Å². The Hall–Kier alpha value is -2.63. The molecule has 26 heavy (non-hydrogen) atoms. The predicted molar refractivity (Wildman–Crippen MR) is 94.6 cm³/mol. The highest BCUT2D eigenvalue weighted by molar-refractivity contribution is 7.89. The summed E-state index contributed by atoms with van der Waals surface area (Å²) in [7, 11) is -3.50. The third kappa shape index (κ3) is 3.79. The fraction of sp³-hybridized carbons (Fsp3) is 0.333. The molecule has 0 saturated carbocycles. The van der Waals surface area contributed by atoms with Gasteiger partial charge < -0.3 is 9.47 Å². The van der Waals surface area contributed by atoms with E-state index in [1.165, 1.54) is 22.6 Å². The maximum atomic E-state index is 12.5. The van der Waals surface area contributed by atoms with Gasteiger partial charge in [-0.15, -0.1) is 0 Å². The van der Waals surface area contributed by atoms with E-state index < -0.39 is 10.0 Å². The van der Waals surface area contributed by atoms with Crippen molar-refractivity contribution in [3.05, 3.63) is 42.1 Å². The molecule has 3 rings (SSSR count). The van der Waals surface area contributed by atoms with Crippen molar-refractivity contribution < 1.29 is 17.9 Å². The van der Waals surface area contributed by atoms with Crippen LogP contribution in [0.5, 0.6) is 17.4 Å². The molecule has 7 nitrogen and oxygen atoms in total. The van der Waals surface area contributed by atoms with Crippen molar-refractivity contribution >= 4 is 10.0 Å². The molecule has 2 heterocycles. The van der Waals surface area contributed by atoms with E-state index in [-0.39, 0.29) is 10.8 Å². The SMILES string of the molecule is CCOc1cc(C#N)ccc1Oc1ccc(S(=O)(=O)N2CCCC2)cn1. The molecule has 8 heteroatoms. The van der Waals surface area contributed by atoms with Crippen LogP contribution in [0.25, 0.3) is 0 Å². The molecule has 1 aliphatic rings. The molecule has 1 aromatic carbocycles. The summed E-state index contributed by atoms with van der Waals surface area (Å²) in [6, 6.07) is 9.87. The van der Waals surface area contributed by atoms with E-state index >= 15 is 0 Å². The average Bonchev–Trinajstić information content (AvgIpc) is 3.19. The molecule has 1 fully saturated rings. The number of benzene rings is 1. The topological polar surface area (TPSA) is 92.5 Å². The summed E-state index contributed by atoms with van der Waals surface area (Å²) in [5.41, 5.74) is 0.459. The molecule has 0 aliphatic carbocycles. The zero-order valence-corrected chi connectivity index (χ0v) is 15.2. The summed E-state index contributed by atoms with van der Waals surface area (Å²) >= 11 is 0. The number of hydrogen-bond donors (Lipinski definition) is 0.